The third kappa shape index (κ3) is 3.35. The van der Waals surface area contributed by atoms with Crippen LogP contribution in [-0.4, -0.2) is 24.1 Å². The number of carboxylic acids is 1. The van der Waals surface area contributed by atoms with Gasteiger partial charge < -0.3 is 20.0 Å². The Bertz CT molecular complexity index is 1040. The molecule has 1 amide bonds. The van der Waals surface area contributed by atoms with E-state index < -0.39 is 11.9 Å². The molecule has 0 unspecified atom stereocenters. The second-order valence-electron chi connectivity index (χ2n) is 5.20. The monoisotopic (exact) mass is 338 g/mol. The molecule has 0 fully saturated rings. The first kappa shape index (κ1) is 16.3. The molecule has 0 aliphatic rings. The molecule has 0 saturated heterocycles. The van der Waals surface area contributed by atoms with Crippen LogP contribution in [0.4, 0.5) is 5.69 Å². The Morgan fingerprint density at radius 1 is 1.12 bits per heavy atom. The number of nitrogens with zero attached hydrogens (tertiary/aromatic N) is 1. The number of carboxylic acid groups (broad SMARTS) is 1. The Kier molecular flexibility index (Phi) is 4.21. The van der Waals surface area contributed by atoms with Gasteiger partial charge in [-0.15, -0.1) is 0 Å². The number of amides is 1. The van der Waals surface area contributed by atoms with E-state index in [0.29, 0.717) is 22.4 Å². The summed E-state index contributed by atoms with van der Waals surface area (Å²) in [5.74, 6) is -1.12. The standard InChI is InChI=1S/C18H14N2O5/c1-24-13-7-4-11-8-14(16(19)21)17(25-15(11)9-13)20-12-5-2-10(3-6-12)18(22)23/h2-9H,1H3,(H2,19,21)(H,22,23). The van der Waals surface area contributed by atoms with Crippen LogP contribution in [-0.2, 0) is 0 Å². The lowest BCUT2D eigenvalue weighted by Gasteiger charge is -2.04. The molecule has 25 heavy (non-hydrogen) atoms. The lowest BCUT2D eigenvalue weighted by molar-refractivity contribution is 0.0696. The molecule has 0 spiro atoms. The van der Waals surface area contributed by atoms with Gasteiger partial charge in [0, 0.05) is 11.5 Å². The number of ether oxygens (including phenoxy) is 1. The first-order valence-corrected chi connectivity index (χ1v) is 7.28. The maximum Gasteiger partial charge on any atom is 0.335 e. The van der Waals surface area contributed by atoms with Crippen LogP contribution in [0.25, 0.3) is 11.0 Å². The molecule has 0 atom stereocenters. The van der Waals surface area contributed by atoms with Crippen molar-refractivity contribution < 1.29 is 23.8 Å². The van der Waals surface area contributed by atoms with Crippen molar-refractivity contribution in [3.8, 4) is 5.75 Å². The number of nitrogens with two attached hydrogens (primary N) is 1. The van der Waals surface area contributed by atoms with Crippen molar-refractivity contribution in [3.05, 3.63) is 65.2 Å². The van der Waals surface area contributed by atoms with Gasteiger partial charge in [0.25, 0.3) is 5.91 Å². The molecule has 0 aliphatic heterocycles. The van der Waals surface area contributed by atoms with Crippen molar-refractivity contribution in [2.75, 3.05) is 7.11 Å². The Morgan fingerprint density at radius 3 is 2.44 bits per heavy atom. The highest BCUT2D eigenvalue weighted by molar-refractivity contribution is 5.95. The number of primary amides is 1. The third-order valence-corrected chi connectivity index (χ3v) is 3.57. The third-order valence-electron chi connectivity index (χ3n) is 3.57. The Balaban J connectivity index is 2.19. The van der Waals surface area contributed by atoms with Crippen molar-refractivity contribution in [1.82, 2.24) is 0 Å². The number of hydrogen-bond acceptors (Lipinski definition) is 5. The van der Waals surface area contributed by atoms with Crippen LogP contribution in [0.2, 0.25) is 0 Å². The van der Waals surface area contributed by atoms with E-state index in [-0.39, 0.29) is 16.7 Å². The summed E-state index contributed by atoms with van der Waals surface area (Å²) in [6, 6.07) is 12.6. The van der Waals surface area contributed by atoms with Gasteiger partial charge in [0.05, 0.1) is 18.4 Å². The molecular formula is C18H14N2O5. The molecule has 0 saturated carbocycles. The average Bonchev–Trinajstić information content (AvgIpc) is 2.60. The zero-order valence-electron chi connectivity index (χ0n) is 13.2. The molecule has 1 heterocycles. The van der Waals surface area contributed by atoms with Crippen LogP contribution in [0.1, 0.15) is 20.7 Å². The minimum atomic E-state index is -1.04. The molecule has 7 heteroatoms. The summed E-state index contributed by atoms with van der Waals surface area (Å²) in [7, 11) is 1.54. The van der Waals surface area contributed by atoms with Gasteiger partial charge in [-0.3, -0.25) is 4.79 Å². The number of aromatic carboxylic acids is 1. The summed E-state index contributed by atoms with van der Waals surface area (Å²) in [6.45, 7) is 0. The molecule has 1 aromatic heterocycles. The SMILES string of the molecule is COc1ccc2cc(C(N)=O)c(=Nc3ccc(C(=O)O)cc3)oc2c1. The Labute approximate surface area is 142 Å². The lowest BCUT2D eigenvalue weighted by atomic mass is 10.1. The lowest BCUT2D eigenvalue weighted by Crippen LogP contribution is -2.21. The largest absolute Gasteiger partial charge is 0.497 e. The molecule has 0 aliphatic carbocycles. The molecular weight excluding hydrogens is 324 g/mol. The second kappa shape index (κ2) is 6.48. The molecule has 126 valence electrons. The fraction of sp³-hybridized carbons (Fsp3) is 0.0556. The van der Waals surface area contributed by atoms with E-state index in [1.165, 1.54) is 31.4 Å². The minimum absolute atomic E-state index is 0.0383. The topological polar surface area (TPSA) is 115 Å². The normalized spacial score (nSPS) is 11.5. The number of rotatable bonds is 4. The highest BCUT2D eigenvalue weighted by Gasteiger charge is 2.10. The van der Waals surface area contributed by atoms with Gasteiger partial charge in [0.1, 0.15) is 16.9 Å². The summed E-state index contributed by atoms with van der Waals surface area (Å²) in [4.78, 5) is 26.9. The number of methoxy groups -OCH3 is 1. The number of fused-ring (bicyclic) bond motifs is 1. The first-order chi connectivity index (χ1) is 12.0. The van der Waals surface area contributed by atoms with E-state index in [1.807, 2.05) is 0 Å². The molecule has 7 nitrogen and oxygen atoms in total. The van der Waals surface area contributed by atoms with Crippen LogP contribution in [0, 0.1) is 0 Å². The zero-order valence-corrected chi connectivity index (χ0v) is 13.2. The number of hydrogen-bond donors (Lipinski definition) is 2. The van der Waals surface area contributed by atoms with Crippen molar-refractivity contribution in [1.29, 1.82) is 0 Å². The van der Waals surface area contributed by atoms with Crippen molar-refractivity contribution in [3.63, 3.8) is 0 Å². The fourth-order valence-electron chi connectivity index (χ4n) is 2.28. The predicted molar refractivity (Wildman–Crippen MR) is 89.9 cm³/mol. The van der Waals surface area contributed by atoms with Gasteiger partial charge in [-0.05, 0) is 42.5 Å². The van der Waals surface area contributed by atoms with E-state index >= 15 is 0 Å². The maximum absolute atomic E-state index is 11.7. The van der Waals surface area contributed by atoms with Crippen LogP contribution in [0.15, 0.2) is 57.9 Å². The molecule has 3 N–H and O–H groups in total. The zero-order chi connectivity index (χ0) is 18.0. The van der Waals surface area contributed by atoms with Crippen molar-refractivity contribution in [2.45, 2.75) is 0 Å². The van der Waals surface area contributed by atoms with E-state index in [1.54, 1.807) is 24.3 Å². The smallest absolute Gasteiger partial charge is 0.335 e. The molecule has 2 aromatic carbocycles. The molecule has 3 aromatic rings. The van der Waals surface area contributed by atoms with Gasteiger partial charge in [0.2, 0.25) is 5.55 Å². The number of carbonyl (C=O) groups excluding carboxylic acids is 1. The predicted octanol–water partition coefficient (Wildman–Crippen LogP) is 2.47. The van der Waals surface area contributed by atoms with Gasteiger partial charge in [-0.25, -0.2) is 9.79 Å². The van der Waals surface area contributed by atoms with E-state index in [9.17, 15) is 9.59 Å². The summed E-state index contributed by atoms with van der Waals surface area (Å²) in [5, 5.41) is 9.60. The summed E-state index contributed by atoms with van der Waals surface area (Å²) < 4.78 is 10.9. The molecule has 3 rings (SSSR count). The van der Waals surface area contributed by atoms with Gasteiger partial charge >= 0.3 is 5.97 Å². The average molecular weight is 338 g/mol. The maximum atomic E-state index is 11.7. The number of carbonyl (C=O) groups is 2. The highest BCUT2D eigenvalue weighted by Crippen LogP contribution is 2.21. The first-order valence-electron chi connectivity index (χ1n) is 7.28. The Morgan fingerprint density at radius 2 is 1.84 bits per heavy atom. The highest BCUT2D eigenvalue weighted by atomic mass is 16.5. The van der Waals surface area contributed by atoms with Crippen LogP contribution in [0.5, 0.6) is 5.75 Å². The van der Waals surface area contributed by atoms with Crippen LogP contribution >= 0.6 is 0 Å². The Hall–Kier alpha value is -3.61. The molecule has 0 bridgehead atoms. The van der Waals surface area contributed by atoms with E-state index in [4.69, 9.17) is 20.0 Å². The van der Waals surface area contributed by atoms with Gasteiger partial charge in [-0.2, -0.15) is 0 Å². The second-order valence-corrected chi connectivity index (χ2v) is 5.20. The summed E-state index contributed by atoms with van der Waals surface area (Å²) in [6.07, 6.45) is 0. The fourth-order valence-corrected chi connectivity index (χ4v) is 2.28. The summed E-state index contributed by atoms with van der Waals surface area (Å²) >= 11 is 0. The number of benzene rings is 2. The van der Waals surface area contributed by atoms with Crippen LogP contribution in [0.3, 0.4) is 0 Å². The van der Waals surface area contributed by atoms with Gasteiger partial charge in [0.15, 0.2) is 0 Å². The molecule has 0 radical (unpaired) electrons. The quantitative estimate of drug-likeness (QED) is 0.758. The van der Waals surface area contributed by atoms with Crippen LogP contribution < -0.4 is 16.0 Å². The minimum Gasteiger partial charge on any atom is -0.497 e. The van der Waals surface area contributed by atoms with E-state index in [2.05, 4.69) is 4.99 Å². The van der Waals surface area contributed by atoms with Gasteiger partial charge in [-0.1, -0.05) is 0 Å². The van der Waals surface area contributed by atoms with Crippen molar-refractivity contribution >= 4 is 28.5 Å². The van der Waals surface area contributed by atoms with Crippen molar-refractivity contribution in [2.24, 2.45) is 10.7 Å². The summed E-state index contributed by atoms with van der Waals surface area (Å²) in [5.41, 5.74) is 6.62. The van der Waals surface area contributed by atoms with E-state index in [0.717, 1.165) is 0 Å².